The van der Waals surface area contributed by atoms with Crippen molar-refractivity contribution in [1.82, 2.24) is 4.90 Å². The topological polar surface area (TPSA) is 77.1 Å². The van der Waals surface area contributed by atoms with Gasteiger partial charge in [0.15, 0.2) is 17.6 Å². The van der Waals surface area contributed by atoms with Crippen molar-refractivity contribution in [3.05, 3.63) is 48.5 Å². The zero-order chi connectivity index (χ0) is 20.9. The maximum atomic E-state index is 12.9. The molecule has 1 saturated heterocycles. The van der Waals surface area contributed by atoms with Crippen LogP contribution in [0.15, 0.2) is 48.5 Å². The summed E-state index contributed by atoms with van der Waals surface area (Å²) in [5, 5.41) is 2.95. The first-order chi connectivity index (χ1) is 14.6. The number of fused-ring (bicyclic) bond motifs is 1. The quantitative estimate of drug-likeness (QED) is 0.789. The van der Waals surface area contributed by atoms with E-state index in [4.69, 9.17) is 14.2 Å². The minimum absolute atomic E-state index is 0.0176. The van der Waals surface area contributed by atoms with Crippen molar-refractivity contribution < 1.29 is 23.8 Å². The van der Waals surface area contributed by atoms with Gasteiger partial charge in [-0.3, -0.25) is 9.59 Å². The van der Waals surface area contributed by atoms with Crippen molar-refractivity contribution in [3.63, 3.8) is 0 Å². The zero-order valence-electron chi connectivity index (χ0n) is 17.0. The lowest BCUT2D eigenvalue weighted by molar-refractivity contribution is -0.141. The van der Waals surface area contributed by atoms with E-state index in [-0.39, 0.29) is 24.5 Å². The maximum absolute atomic E-state index is 12.9. The third-order valence-corrected chi connectivity index (χ3v) is 5.49. The smallest absolute Gasteiger partial charge is 0.263 e. The van der Waals surface area contributed by atoms with Crippen LogP contribution in [0.25, 0.3) is 0 Å². The van der Waals surface area contributed by atoms with Gasteiger partial charge < -0.3 is 24.4 Å². The van der Waals surface area contributed by atoms with Crippen LogP contribution >= 0.6 is 0 Å². The molecule has 0 saturated carbocycles. The summed E-state index contributed by atoms with van der Waals surface area (Å²) in [6, 6.07) is 14.7. The molecule has 7 nitrogen and oxygen atoms in total. The lowest BCUT2D eigenvalue weighted by Crippen LogP contribution is -2.47. The number of ether oxygens (including phenoxy) is 3. The molecule has 2 aliphatic heterocycles. The van der Waals surface area contributed by atoms with Crippen molar-refractivity contribution in [2.24, 2.45) is 5.92 Å². The highest BCUT2D eigenvalue weighted by atomic mass is 16.7. The minimum atomic E-state index is -0.508. The van der Waals surface area contributed by atoms with Gasteiger partial charge in [0.05, 0.1) is 0 Å². The number of nitrogens with zero attached hydrogens (tertiary/aromatic N) is 1. The van der Waals surface area contributed by atoms with Gasteiger partial charge in [0, 0.05) is 30.8 Å². The Kier molecular flexibility index (Phi) is 6.07. The molecule has 0 aliphatic carbocycles. The Bertz CT molecular complexity index is 894. The molecule has 1 fully saturated rings. The van der Waals surface area contributed by atoms with Crippen LogP contribution in [0.3, 0.4) is 0 Å². The Labute approximate surface area is 175 Å². The molecule has 7 heteroatoms. The van der Waals surface area contributed by atoms with Crippen LogP contribution in [-0.2, 0) is 9.59 Å². The number of anilines is 1. The van der Waals surface area contributed by atoms with Gasteiger partial charge >= 0.3 is 0 Å². The van der Waals surface area contributed by atoms with E-state index in [0.29, 0.717) is 55.3 Å². The first-order valence-electron chi connectivity index (χ1n) is 10.3. The highest BCUT2D eigenvalue weighted by Gasteiger charge is 2.31. The number of rotatable bonds is 6. The van der Waals surface area contributed by atoms with Crippen LogP contribution in [0.5, 0.6) is 17.2 Å². The summed E-state index contributed by atoms with van der Waals surface area (Å²) in [4.78, 5) is 27.4. The van der Waals surface area contributed by atoms with E-state index in [1.165, 1.54) is 0 Å². The number of benzene rings is 2. The molecule has 0 bridgehead atoms. The molecule has 2 amide bonds. The van der Waals surface area contributed by atoms with Gasteiger partial charge in [-0.1, -0.05) is 25.1 Å². The Morgan fingerprint density at radius 1 is 1.10 bits per heavy atom. The molecule has 2 aromatic carbocycles. The molecule has 2 aromatic rings. The van der Waals surface area contributed by atoms with Gasteiger partial charge in [0.2, 0.25) is 12.7 Å². The molecular weight excluding hydrogens is 384 g/mol. The summed E-state index contributed by atoms with van der Waals surface area (Å²) < 4.78 is 16.5. The zero-order valence-corrected chi connectivity index (χ0v) is 17.0. The van der Waals surface area contributed by atoms with Crippen LogP contribution in [0, 0.1) is 5.92 Å². The monoisotopic (exact) mass is 410 g/mol. The third-order valence-electron chi connectivity index (χ3n) is 5.49. The summed E-state index contributed by atoms with van der Waals surface area (Å²) in [6.07, 6.45) is 1.35. The van der Waals surface area contributed by atoms with Crippen LogP contribution in [0.1, 0.15) is 26.2 Å². The molecule has 0 radical (unpaired) electrons. The number of carbonyl (C=O) groups excluding carboxylic acids is 2. The molecule has 4 rings (SSSR count). The predicted octanol–water partition coefficient (Wildman–Crippen LogP) is 3.45. The van der Waals surface area contributed by atoms with Crippen molar-refractivity contribution >= 4 is 17.5 Å². The molecule has 0 aromatic heterocycles. The van der Waals surface area contributed by atoms with Gasteiger partial charge in [0.25, 0.3) is 5.91 Å². The predicted molar refractivity (Wildman–Crippen MR) is 112 cm³/mol. The number of hydrogen-bond acceptors (Lipinski definition) is 5. The van der Waals surface area contributed by atoms with Crippen molar-refractivity contribution in [3.8, 4) is 17.2 Å². The first kappa shape index (κ1) is 20.1. The summed E-state index contributed by atoms with van der Waals surface area (Å²) in [7, 11) is 0. The summed E-state index contributed by atoms with van der Waals surface area (Å²) in [5.74, 6) is 1.83. The standard InChI is InChI=1S/C23H26N2O5/c1-2-19(30-18-6-4-3-5-7-18)23(27)25-12-10-16(11-13-25)22(26)24-17-8-9-20-21(14-17)29-15-28-20/h3-9,14,16,19H,2,10-13,15H2,1H3,(H,24,26). The van der Waals surface area contributed by atoms with E-state index < -0.39 is 6.10 Å². The van der Waals surface area contributed by atoms with E-state index in [2.05, 4.69) is 5.32 Å². The number of carbonyl (C=O) groups is 2. The molecule has 158 valence electrons. The van der Waals surface area contributed by atoms with Crippen LogP contribution in [-0.4, -0.2) is 42.7 Å². The van der Waals surface area contributed by atoms with Gasteiger partial charge in [-0.05, 0) is 43.5 Å². The molecule has 1 atom stereocenters. The minimum Gasteiger partial charge on any atom is -0.481 e. The highest BCUT2D eigenvalue weighted by Crippen LogP contribution is 2.34. The lowest BCUT2D eigenvalue weighted by Gasteiger charge is -2.33. The largest absolute Gasteiger partial charge is 0.481 e. The van der Waals surface area contributed by atoms with Gasteiger partial charge in [0.1, 0.15) is 5.75 Å². The summed E-state index contributed by atoms with van der Waals surface area (Å²) >= 11 is 0. The van der Waals surface area contributed by atoms with Crippen molar-refractivity contribution in [2.75, 3.05) is 25.2 Å². The molecule has 0 spiro atoms. The second kappa shape index (κ2) is 9.07. The van der Waals surface area contributed by atoms with Crippen LogP contribution in [0.2, 0.25) is 0 Å². The fourth-order valence-corrected chi connectivity index (χ4v) is 3.76. The molecule has 1 N–H and O–H groups in total. The Morgan fingerprint density at radius 3 is 2.57 bits per heavy atom. The molecule has 2 heterocycles. The van der Waals surface area contributed by atoms with Crippen molar-refractivity contribution in [1.29, 1.82) is 0 Å². The Hall–Kier alpha value is -3.22. The SMILES string of the molecule is CCC(Oc1ccccc1)C(=O)N1CCC(C(=O)Nc2ccc3c(c2)OCO3)CC1. The Balaban J connectivity index is 1.29. The maximum Gasteiger partial charge on any atom is 0.263 e. The summed E-state index contributed by atoms with van der Waals surface area (Å²) in [5.41, 5.74) is 0.685. The second-order valence-electron chi connectivity index (χ2n) is 7.48. The number of piperidine rings is 1. The van der Waals surface area contributed by atoms with Gasteiger partial charge in [-0.15, -0.1) is 0 Å². The number of para-hydroxylation sites is 1. The Morgan fingerprint density at radius 2 is 1.83 bits per heavy atom. The van der Waals surface area contributed by atoms with E-state index in [1.807, 2.05) is 42.2 Å². The molecule has 1 unspecified atom stereocenters. The average molecular weight is 410 g/mol. The van der Waals surface area contributed by atoms with E-state index in [1.54, 1.807) is 18.2 Å². The fourth-order valence-electron chi connectivity index (χ4n) is 3.76. The molecule has 30 heavy (non-hydrogen) atoms. The second-order valence-corrected chi connectivity index (χ2v) is 7.48. The average Bonchev–Trinajstić information content (AvgIpc) is 3.26. The van der Waals surface area contributed by atoms with Crippen LogP contribution < -0.4 is 19.5 Å². The number of hydrogen-bond donors (Lipinski definition) is 1. The number of amides is 2. The lowest BCUT2D eigenvalue weighted by atomic mass is 9.95. The third kappa shape index (κ3) is 4.50. The van der Waals surface area contributed by atoms with Gasteiger partial charge in [-0.25, -0.2) is 0 Å². The molecule has 2 aliphatic rings. The van der Waals surface area contributed by atoms with Gasteiger partial charge in [-0.2, -0.15) is 0 Å². The number of likely N-dealkylation sites (tertiary alicyclic amines) is 1. The first-order valence-corrected chi connectivity index (χ1v) is 10.3. The highest BCUT2D eigenvalue weighted by molar-refractivity contribution is 5.93. The van der Waals surface area contributed by atoms with Crippen molar-refractivity contribution in [2.45, 2.75) is 32.3 Å². The van der Waals surface area contributed by atoms with E-state index >= 15 is 0 Å². The van der Waals surface area contributed by atoms with Crippen LogP contribution in [0.4, 0.5) is 5.69 Å². The van der Waals surface area contributed by atoms with E-state index in [9.17, 15) is 9.59 Å². The number of nitrogens with one attached hydrogen (secondary N) is 1. The summed E-state index contributed by atoms with van der Waals surface area (Å²) in [6.45, 7) is 3.24. The fraction of sp³-hybridized carbons (Fsp3) is 0.391. The molecular formula is C23H26N2O5. The van der Waals surface area contributed by atoms with E-state index in [0.717, 1.165) is 0 Å². The normalized spacial score (nSPS) is 16.8.